The van der Waals surface area contributed by atoms with Crippen LogP contribution >= 0.6 is 0 Å². The maximum absolute atomic E-state index is 13.8. The molecule has 0 saturated heterocycles. The SMILES string of the molecule is CN1C(=O)C(COc2ccc(F)cc2F)(CC2CCCCC2)N=C1N. The van der Waals surface area contributed by atoms with Crippen molar-refractivity contribution in [3.63, 3.8) is 0 Å². The number of nitrogens with zero attached hydrogens (tertiary/aromatic N) is 2. The first-order chi connectivity index (χ1) is 11.9. The summed E-state index contributed by atoms with van der Waals surface area (Å²) >= 11 is 0. The number of hydrogen-bond acceptors (Lipinski definition) is 4. The van der Waals surface area contributed by atoms with E-state index in [0.717, 1.165) is 37.8 Å². The zero-order valence-corrected chi connectivity index (χ0v) is 14.3. The van der Waals surface area contributed by atoms with Gasteiger partial charge >= 0.3 is 0 Å². The van der Waals surface area contributed by atoms with Gasteiger partial charge in [0.25, 0.3) is 5.91 Å². The van der Waals surface area contributed by atoms with Gasteiger partial charge in [-0.3, -0.25) is 9.69 Å². The lowest BCUT2D eigenvalue weighted by molar-refractivity contribution is -0.132. The van der Waals surface area contributed by atoms with Crippen LogP contribution in [0.4, 0.5) is 8.78 Å². The summed E-state index contributed by atoms with van der Waals surface area (Å²) in [5, 5.41) is 0. The second-order valence-electron chi connectivity index (χ2n) is 6.94. The molecule has 1 aromatic rings. The lowest BCUT2D eigenvalue weighted by Gasteiger charge is -2.31. The van der Waals surface area contributed by atoms with Gasteiger partial charge in [-0.1, -0.05) is 32.1 Å². The number of guanidine groups is 1. The number of carbonyl (C=O) groups excluding carboxylic acids is 1. The van der Waals surface area contributed by atoms with E-state index in [0.29, 0.717) is 12.3 Å². The molecule has 0 spiro atoms. The van der Waals surface area contributed by atoms with E-state index >= 15 is 0 Å². The Morgan fingerprint density at radius 3 is 2.64 bits per heavy atom. The number of rotatable bonds is 5. The highest BCUT2D eigenvalue weighted by atomic mass is 19.1. The zero-order chi connectivity index (χ0) is 18.0. The Labute approximate surface area is 145 Å². The van der Waals surface area contributed by atoms with E-state index in [1.165, 1.54) is 17.4 Å². The molecule has 136 valence electrons. The van der Waals surface area contributed by atoms with Crippen molar-refractivity contribution >= 4 is 11.9 Å². The number of carbonyl (C=O) groups is 1. The van der Waals surface area contributed by atoms with Crippen LogP contribution in [0.3, 0.4) is 0 Å². The third-order valence-electron chi connectivity index (χ3n) is 5.09. The van der Waals surface area contributed by atoms with Crippen LogP contribution < -0.4 is 10.5 Å². The molecule has 1 aromatic carbocycles. The van der Waals surface area contributed by atoms with E-state index < -0.39 is 17.2 Å². The first-order valence-corrected chi connectivity index (χ1v) is 8.63. The summed E-state index contributed by atoms with van der Waals surface area (Å²) in [6.45, 7) is -0.115. The number of ether oxygens (including phenoxy) is 1. The van der Waals surface area contributed by atoms with Crippen molar-refractivity contribution in [2.45, 2.75) is 44.1 Å². The minimum absolute atomic E-state index is 0.0967. The number of hydrogen-bond donors (Lipinski definition) is 1. The quantitative estimate of drug-likeness (QED) is 0.887. The summed E-state index contributed by atoms with van der Waals surface area (Å²) in [4.78, 5) is 18.5. The summed E-state index contributed by atoms with van der Waals surface area (Å²) in [6, 6.07) is 3.09. The number of halogens is 2. The Morgan fingerprint density at radius 1 is 1.32 bits per heavy atom. The summed E-state index contributed by atoms with van der Waals surface area (Å²) in [5.74, 6) is -1.31. The van der Waals surface area contributed by atoms with Crippen LogP contribution in [0.25, 0.3) is 0 Å². The van der Waals surface area contributed by atoms with E-state index in [2.05, 4.69) is 4.99 Å². The van der Waals surface area contributed by atoms with E-state index in [4.69, 9.17) is 10.5 Å². The molecule has 25 heavy (non-hydrogen) atoms. The van der Waals surface area contributed by atoms with Gasteiger partial charge in [0.2, 0.25) is 0 Å². The normalized spacial score (nSPS) is 24.5. The van der Waals surface area contributed by atoms with Gasteiger partial charge in [-0.2, -0.15) is 0 Å². The Morgan fingerprint density at radius 2 is 2.04 bits per heavy atom. The molecule has 0 bridgehead atoms. The largest absolute Gasteiger partial charge is 0.487 e. The summed E-state index contributed by atoms with van der Waals surface area (Å²) < 4.78 is 32.4. The van der Waals surface area contributed by atoms with E-state index in [1.807, 2.05) is 0 Å². The van der Waals surface area contributed by atoms with Crippen LogP contribution in [0, 0.1) is 17.6 Å². The average Bonchev–Trinajstić information content (AvgIpc) is 2.79. The molecular weight excluding hydrogens is 328 g/mol. The summed E-state index contributed by atoms with van der Waals surface area (Å²) in [6.07, 6.45) is 6.09. The van der Waals surface area contributed by atoms with Crippen molar-refractivity contribution < 1.29 is 18.3 Å². The van der Waals surface area contributed by atoms with Crippen LogP contribution in [-0.2, 0) is 4.79 Å². The minimum Gasteiger partial charge on any atom is -0.487 e. The Balaban J connectivity index is 1.80. The fourth-order valence-electron chi connectivity index (χ4n) is 3.70. The second-order valence-corrected chi connectivity index (χ2v) is 6.94. The van der Waals surface area contributed by atoms with Crippen molar-refractivity contribution in [1.29, 1.82) is 0 Å². The second kappa shape index (κ2) is 6.98. The van der Waals surface area contributed by atoms with Crippen molar-refractivity contribution in [3.05, 3.63) is 29.8 Å². The molecule has 1 unspecified atom stereocenters. The standard InChI is InChI=1S/C18H23F2N3O2/c1-23-16(24)18(22-17(23)21,10-12-5-3-2-4-6-12)11-25-15-8-7-13(19)9-14(15)20/h7-9,12H,2-6,10-11H2,1H3,(H2,21,22). The monoisotopic (exact) mass is 351 g/mol. The number of amides is 1. The number of likely N-dealkylation sites (N-methyl/N-ethyl adjacent to an activating group) is 1. The van der Waals surface area contributed by atoms with Crippen molar-refractivity contribution in [3.8, 4) is 5.75 Å². The van der Waals surface area contributed by atoms with Gasteiger partial charge in [0.05, 0.1) is 0 Å². The predicted molar refractivity (Wildman–Crippen MR) is 90.2 cm³/mol. The Kier molecular flexibility index (Phi) is 4.92. The van der Waals surface area contributed by atoms with E-state index in [1.54, 1.807) is 7.05 Å². The van der Waals surface area contributed by atoms with Gasteiger partial charge < -0.3 is 10.5 Å². The molecule has 1 saturated carbocycles. The molecule has 1 amide bonds. The molecule has 1 heterocycles. The van der Waals surface area contributed by atoms with Crippen molar-refractivity contribution in [1.82, 2.24) is 4.90 Å². The van der Waals surface area contributed by atoms with Gasteiger partial charge in [0, 0.05) is 13.1 Å². The van der Waals surface area contributed by atoms with Crippen LogP contribution in [0.2, 0.25) is 0 Å². The van der Waals surface area contributed by atoms with Crippen molar-refractivity contribution in [2.75, 3.05) is 13.7 Å². The predicted octanol–water partition coefficient (Wildman–Crippen LogP) is 2.84. The molecule has 3 rings (SSSR count). The highest BCUT2D eigenvalue weighted by Crippen LogP contribution is 2.36. The Hall–Kier alpha value is -2.18. The maximum atomic E-state index is 13.8. The molecule has 1 aliphatic heterocycles. The topological polar surface area (TPSA) is 67.9 Å². The van der Waals surface area contributed by atoms with Gasteiger partial charge in [0.15, 0.2) is 23.1 Å². The third-order valence-corrected chi connectivity index (χ3v) is 5.09. The van der Waals surface area contributed by atoms with Crippen molar-refractivity contribution in [2.24, 2.45) is 16.6 Å². The van der Waals surface area contributed by atoms with Crippen LogP contribution in [0.1, 0.15) is 38.5 Å². The van der Waals surface area contributed by atoms with Crippen LogP contribution in [0.15, 0.2) is 23.2 Å². The number of aliphatic imine (C=N–C) groups is 1. The molecule has 0 aromatic heterocycles. The minimum atomic E-state index is -1.14. The van der Waals surface area contributed by atoms with Gasteiger partial charge in [-0.15, -0.1) is 0 Å². The molecule has 7 heteroatoms. The molecular formula is C18H23F2N3O2. The number of nitrogens with two attached hydrogens (primary N) is 1. The first kappa shape index (κ1) is 17.6. The molecule has 1 aliphatic carbocycles. The smallest absolute Gasteiger partial charge is 0.260 e. The Bertz CT molecular complexity index is 689. The maximum Gasteiger partial charge on any atom is 0.260 e. The van der Waals surface area contributed by atoms with Gasteiger partial charge in [0.1, 0.15) is 12.4 Å². The molecule has 5 nitrogen and oxygen atoms in total. The molecule has 2 N–H and O–H groups in total. The lowest BCUT2D eigenvalue weighted by Crippen LogP contribution is -2.47. The van der Waals surface area contributed by atoms with Gasteiger partial charge in [-0.25, -0.2) is 13.8 Å². The summed E-state index contributed by atoms with van der Waals surface area (Å²) in [7, 11) is 1.57. The number of benzene rings is 1. The molecule has 1 atom stereocenters. The summed E-state index contributed by atoms with van der Waals surface area (Å²) in [5.41, 5.74) is 4.71. The fraction of sp³-hybridized carbons (Fsp3) is 0.556. The molecule has 1 fully saturated rings. The zero-order valence-electron chi connectivity index (χ0n) is 14.3. The highest BCUT2D eigenvalue weighted by molar-refractivity contribution is 6.06. The van der Waals surface area contributed by atoms with Crippen LogP contribution in [0.5, 0.6) is 5.75 Å². The molecule has 0 radical (unpaired) electrons. The lowest BCUT2D eigenvalue weighted by atomic mass is 9.79. The molecule has 2 aliphatic rings. The fourth-order valence-corrected chi connectivity index (χ4v) is 3.70. The van der Waals surface area contributed by atoms with Gasteiger partial charge in [-0.05, 0) is 24.5 Å². The first-order valence-electron chi connectivity index (χ1n) is 8.63. The highest BCUT2D eigenvalue weighted by Gasteiger charge is 2.48. The third kappa shape index (κ3) is 3.60. The van der Waals surface area contributed by atoms with E-state index in [-0.39, 0.29) is 24.2 Å². The average molecular weight is 351 g/mol. The van der Waals surface area contributed by atoms with E-state index in [9.17, 15) is 13.6 Å². The van der Waals surface area contributed by atoms with Crippen LogP contribution in [-0.4, -0.2) is 36.0 Å².